The molecule has 3 atom stereocenters. The fraction of sp³-hybridized carbons (Fsp3) is 0.862. The van der Waals surface area contributed by atoms with E-state index in [1.54, 1.807) is 0 Å². The average molecular weight is 901 g/mol. The molecule has 6 heteroatoms. The van der Waals surface area contributed by atoms with Crippen molar-refractivity contribution in [3.63, 3.8) is 0 Å². The number of aliphatic hydroxyl groups excluding tert-OH is 2. The van der Waals surface area contributed by atoms with E-state index in [-0.39, 0.29) is 24.9 Å². The largest absolute Gasteiger partial charge is 0.462 e. The van der Waals surface area contributed by atoms with Gasteiger partial charge in [-0.05, 0) is 51.4 Å². The Kier molecular flexibility index (Phi) is 50.5. The maximum absolute atomic E-state index is 13.2. The highest BCUT2D eigenvalue weighted by molar-refractivity contribution is 5.77. The van der Waals surface area contributed by atoms with Crippen molar-refractivity contribution in [3.8, 4) is 0 Å². The van der Waals surface area contributed by atoms with Crippen molar-refractivity contribution in [2.75, 3.05) is 6.61 Å². The summed E-state index contributed by atoms with van der Waals surface area (Å²) in [6.07, 6.45) is 62.1. The van der Waals surface area contributed by atoms with Gasteiger partial charge < -0.3 is 20.3 Å². The normalized spacial score (nSPS) is 13.4. The third-order valence-corrected chi connectivity index (χ3v) is 13.0. The quantitative estimate of drug-likeness (QED) is 0.0321. The zero-order chi connectivity index (χ0) is 46.7. The first kappa shape index (κ1) is 62.1. The number of nitrogens with one attached hydrogen (secondary N) is 1. The van der Waals surface area contributed by atoms with Crippen molar-refractivity contribution in [2.24, 2.45) is 0 Å². The van der Waals surface area contributed by atoms with E-state index in [1.807, 2.05) is 0 Å². The van der Waals surface area contributed by atoms with Crippen LogP contribution in [0.1, 0.15) is 297 Å². The van der Waals surface area contributed by atoms with Crippen LogP contribution in [0.5, 0.6) is 0 Å². The molecule has 0 rings (SSSR count). The summed E-state index contributed by atoms with van der Waals surface area (Å²) in [7, 11) is 0. The SMILES string of the molecule is CCCCCCC/C=C/C=C/C=C/CCCCCCCC(=O)OC(CCCCCCCCCCCCCCCCCCC)CC(=O)NC(CO)C(O)CCCCCCCCCCCC. The Labute approximate surface area is 398 Å². The molecule has 0 saturated carbocycles. The minimum atomic E-state index is -0.788. The molecular weight excluding hydrogens is 791 g/mol. The van der Waals surface area contributed by atoms with Gasteiger partial charge in [-0.3, -0.25) is 9.59 Å². The molecule has 64 heavy (non-hydrogen) atoms. The van der Waals surface area contributed by atoms with Gasteiger partial charge in [0, 0.05) is 6.42 Å². The zero-order valence-corrected chi connectivity index (χ0v) is 42.9. The Morgan fingerprint density at radius 3 is 1.19 bits per heavy atom. The highest BCUT2D eigenvalue weighted by atomic mass is 16.5. The summed E-state index contributed by atoms with van der Waals surface area (Å²) in [5.74, 6) is -0.482. The number of hydrogen-bond donors (Lipinski definition) is 3. The summed E-state index contributed by atoms with van der Waals surface area (Å²) in [6.45, 7) is 6.48. The van der Waals surface area contributed by atoms with E-state index in [0.717, 1.165) is 70.6 Å². The summed E-state index contributed by atoms with van der Waals surface area (Å²) in [5, 5.41) is 23.8. The Balaban J connectivity index is 4.57. The standard InChI is InChI=1S/C58H109NO5/c1-4-7-10-13-16-19-22-24-26-28-30-32-34-36-39-42-45-48-51-58(63)64-54(49-46-43-40-37-35-33-31-29-27-25-23-20-17-14-11-8-5-2)52-57(62)59-55(53-60)56(61)50-47-44-41-38-21-18-15-12-9-6-3/h22,24,26,28,30,32,54-56,60-61H,4-21,23,25,27,29,31,33-53H2,1-3H3,(H,59,62)/b24-22+,28-26+,32-30+. The van der Waals surface area contributed by atoms with Gasteiger partial charge in [0.15, 0.2) is 0 Å². The zero-order valence-electron chi connectivity index (χ0n) is 42.9. The number of amides is 1. The lowest BCUT2D eigenvalue weighted by Gasteiger charge is -2.24. The fourth-order valence-corrected chi connectivity index (χ4v) is 8.73. The van der Waals surface area contributed by atoms with Crippen molar-refractivity contribution < 1.29 is 24.5 Å². The van der Waals surface area contributed by atoms with E-state index in [0.29, 0.717) is 19.3 Å². The maximum Gasteiger partial charge on any atom is 0.306 e. The smallest absolute Gasteiger partial charge is 0.306 e. The van der Waals surface area contributed by atoms with Crippen molar-refractivity contribution in [2.45, 2.75) is 315 Å². The van der Waals surface area contributed by atoms with E-state index in [2.05, 4.69) is 62.5 Å². The molecule has 3 N–H and O–H groups in total. The van der Waals surface area contributed by atoms with Gasteiger partial charge in [-0.15, -0.1) is 0 Å². The van der Waals surface area contributed by atoms with E-state index in [9.17, 15) is 19.8 Å². The number of carbonyl (C=O) groups excluding carboxylic acids is 2. The van der Waals surface area contributed by atoms with Gasteiger partial charge in [0.05, 0.1) is 25.2 Å². The molecule has 0 saturated heterocycles. The summed E-state index contributed by atoms with van der Waals surface area (Å²) < 4.78 is 5.95. The lowest BCUT2D eigenvalue weighted by atomic mass is 10.0. The van der Waals surface area contributed by atoms with Crippen molar-refractivity contribution in [1.82, 2.24) is 5.32 Å². The van der Waals surface area contributed by atoms with Crippen LogP contribution in [0.3, 0.4) is 0 Å². The summed E-state index contributed by atoms with van der Waals surface area (Å²) in [6, 6.07) is -0.702. The van der Waals surface area contributed by atoms with Crippen LogP contribution in [0, 0.1) is 0 Å². The van der Waals surface area contributed by atoms with Gasteiger partial charge in [-0.1, -0.05) is 269 Å². The number of aliphatic hydroxyl groups is 2. The highest BCUT2D eigenvalue weighted by Gasteiger charge is 2.24. The minimum Gasteiger partial charge on any atom is -0.462 e. The van der Waals surface area contributed by atoms with Gasteiger partial charge in [-0.25, -0.2) is 0 Å². The third-order valence-electron chi connectivity index (χ3n) is 13.0. The predicted molar refractivity (Wildman–Crippen MR) is 278 cm³/mol. The third kappa shape index (κ3) is 46.6. The molecule has 0 aliphatic rings. The van der Waals surface area contributed by atoms with Gasteiger partial charge in [-0.2, -0.15) is 0 Å². The monoisotopic (exact) mass is 900 g/mol. The fourth-order valence-electron chi connectivity index (χ4n) is 8.73. The first-order chi connectivity index (χ1) is 31.5. The molecule has 0 fully saturated rings. The summed E-state index contributed by atoms with van der Waals surface area (Å²) in [5.41, 5.74) is 0. The molecule has 0 aliphatic heterocycles. The Hall–Kier alpha value is -1.92. The second-order valence-electron chi connectivity index (χ2n) is 19.4. The predicted octanol–water partition coefficient (Wildman–Crippen LogP) is 17.2. The van der Waals surface area contributed by atoms with Crippen molar-refractivity contribution >= 4 is 11.9 Å². The lowest BCUT2D eigenvalue weighted by Crippen LogP contribution is -2.46. The lowest BCUT2D eigenvalue weighted by molar-refractivity contribution is -0.151. The molecule has 0 aromatic carbocycles. The summed E-state index contributed by atoms with van der Waals surface area (Å²) in [4.78, 5) is 26.2. The molecule has 0 bridgehead atoms. The van der Waals surface area contributed by atoms with Crippen LogP contribution in [0.15, 0.2) is 36.5 Å². The highest BCUT2D eigenvalue weighted by Crippen LogP contribution is 2.19. The second-order valence-corrected chi connectivity index (χ2v) is 19.4. The van der Waals surface area contributed by atoms with Gasteiger partial charge in [0.2, 0.25) is 5.91 Å². The maximum atomic E-state index is 13.2. The number of unbranched alkanes of at least 4 members (excludes halogenated alkanes) is 35. The van der Waals surface area contributed by atoms with Crippen LogP contribution in [-0.4, -0.2) is 46.9 Å². The topological polar surface area (TPSA) is 95.9 Å². The van der Waals surface area contributed by atoms with Crippen LogP contribution in [0.25, 0.3) is 0 Å². The molecule has 0 aromatic rings. The molecule has 0 heterocycles. The molecule has 3 unspecified atom stereocenters. The number of rotatable bonds is 51. The molecule has 0 aliphatic carbocycles. The van der Waals surface area contributed by atoms with Gasteiger partial charge in [0.1, 0.15) is 6.10 Å². The van der Waals surface area contributed by atoms with E-state index in [4.69, 9.17) is 4.74 Å². The second kappa shape index (κ2) is 52.1. The van der Waals surface area contributed by atoms with Crippen molar-refractivity contribution in [1.29, 1.82) is 0 Å². The Morgan fingerprint density at radius 1 is 0.453 bits per heavy atom. The molecule has 0 spiro atoms. The number of esters is 1. The number of allylic oxidation sites excluding steroid dienone is 6. The van der Waals surface area contributed by atoms with Crippen LogP contribution >= 0.6 is 0 Å². The molecule has 1 amide bonds. The van der Waals surface area contributed by atoms with Crippen LogP contribution in [0.2, 0.25) is 0 Å². The molecule has 0 radical (unpaired) electrons. The van der Waals surface area contributed by atoms with Crippen LogP contribution < -0.4 is 5.32 Å². The molecule has 0 aromatic heterocycles. The molecular formula is C58H109NO5. The van der Waals surface area contributed by atoms with E-state index >= 15 is 0 Å². The number of ether oxygens (including phenoxy) is 1. The number of hydrogen-bond acceptors (Lipinski definition) is 5. The van der Waals surface area contributed by atoms with Crippen LogP contribution in [0.4, 0.5) is 0 Å². The van der Waals surface area contributed by atoms with E-state index < -0.39 is 18.2 Å². The molecule has 376 valence electrons. The van der Waals surface area contributed by atoms with Gasteiger partial charge in [0.25, 0.3) is 0 Å². The van der Waals surface area contributed by atoms with E-state index in [1.165, 1.54) is 180 Å². The summed E-state index contributed by atoms with van der Waals surface area (Å²) >= 11 is 0. The Bertz CT molecular complexity index is 1060. The van der Waals surface area contributed by atoms with Gasteiger partial charge >= 0.3 is 5.97 Å². The first-order valence-corrected chi connectivity index (χ1v) is 28.2. The minimum absolute atomic E-state index is 0.0736. The Morgan fingerprint density at radius 2 is 0.797 bits per heavy atom. The first-order valence-electron chi connectivity index (χ1n) is 28.2. The molecule has 6 nitrogen and oxygen atoms in total. The number of carbonyl (C=O) groups is 2. The van der Waals surface area contributed by atoms with Crippen LogP contribution in [-0.2, 0) is 14.3 Å². The average Bonchev–Trinajstić information content (AvgIpc) is 3.29. The van der Waals surface area contributed by atoms with Crippen molar-refractivity contribution in [3.05, 3.63) is 36.5 Å².